The summed E-state index contributed by atoms with van der Waals surface area (Å²) >= 11 is 0. The van der Waals surface area contributed by atoms with Crippen molar-refractivity contribution < 1.29 is 14.3 Å². The molecule has 1 N–H and O–H groups in total. The molecule has 160 valence electrons. The van der Waals surface area contributed by atoms with Crippen LogP contribution in [0.2, 0.25) is 0 Å². The number of nitrogens with zero attached hydrogens (tertiary/aromatic N) is 3. The van der Waals surface area contributed by atoms with Crippen LogP contribution >= 0.6 is 24.0 Å². The lowest BCUT2D eigenvalue weighted by atomic mass is 10.2. The van der Waals surface area contributed by atoms with Gasteiger partial charge in [0.1, 0.15) is 0 Å². The van der Waals surface area contributed by atoms with Gasteiger partial charge in [0, 0.05) is 26.7 Å². The highest BCUT2D eigenvalue weighted by Crippen LogP contribution is 2.28. The normalized spacial score (nSPS) is 10.7. The van der Waals surface area contributed by atoms with Crippen LogP contribution in [0.3, 0.4) is 0 Å². The molecule has 0 fully saturated rings. The number of halogens is 1. The topological polar surface area (TPSA) is 66.4 Å². The van der Waals surface area contributed by atoms with Gasteiger partial charge in [0.05, 0.1) is 26.8 Å². The van der Waals surface area contributed by atoms with Gasteiger partial charge in [-0.3, -0.25) is 4.79 Å². The van der Waals surface area contributed by atoms with Crippen LogP contribution in [-0.2, 0) is 11.3 Å². The Morgan fingerprint density at radius 1 is 1.14 bits per heavy atom. The molecule has 0 saturated heterocycles. The van der Waals surface area contributed by atoms with Crippen molar-refractivity contribution in [3.05, 3.63) is 23.8 Å². The summed E-state index contributed by atoms with van der Waals surface area (Å²) in [6.45, 7) is 11.4. The Labute approximate surface area is 186 Å². The molecule has 0 spiro atoms. The average molecular weight is 506 g/mol. The van der Waals surface area contributed by atoms with E-state index in [0.717, 1.165) is 12.1 Å². The number of methoxy groups -OCH3 is 1. The van der Waals surface area contributed by atoms with Crippen molar-refractivity contribution in [3.8, 4) is 11.5 Å². The second kappa shape index (κ2) is 14.3. The Balaban J connectivity index is 0.00000729. The number of benzene rings is 1. The molecule has 0 heterocycles. The van der Waals surface area contributed by atoms with Crippen LogP contribution in [-0.4, -0.2) is 68.6 Å². The van der Waals surface area contributed by atoms with E-state index < -0.39 is 0 Å². The largest absolute Gasteiger partial charge is 0.493 e. The first-order chi connectivity index (χ1) is 13.0. The lowest BCUT2D eigenvalue weighted by molar-refractivity contribution is -0.131. The number of ether oxygens (including phenoxy) is 2. The smallest absolute Gasteiger partial charge is 0.242 e. The van der Waals surface area contributed by atoms with Crippen molar-refractivity contribution in [1.82, 2.24) is 15.1 Å². The fourth-order valence-electron chi connectivity index (χ4n) is 2.68. The molecular formula is C20H35IN4O3. The first kappa shape index (κ1) is 26.3. The molecule has 1 rings (SSSR count). The summed E-state index contributed by atoms with van der Waals surface area (Å²) in [5.74, 6) is 2.21. The Kier molecular flexibility index (Phi) is 13.4. The Bertz CT molecular complexity index is 621. The standard InChI is InChI=1S/C20H34N4O3.HI/c1-7-21-20(23(5)15-19(25)24(8-2)9-3)22-14-16-11-12-17(26-6)18(13-16)27-10-4;/h11-13H,7-10,14-15H2,1-6H3,(H,21,22);1H. The van der Waals surface area contributed by atoms with E-state index >= 15 is 0 Å². The summed E-state index contributed by atoms with van der Waals surface area (Å²) in [7, 11) is 3.50. The molecule has 7 nitrogen and oxygen atoms in total. The maximum absolute atomic E-state index is 12.4. The number of carbonyl (C=O) groups excluding carboxylic acids is 1. The molecule has 1 amide bonds. The highest BCUT2D eigenvalue weighted by Gasteiger charge is 2.15. The van der Waals surface area contributed by atoms with E-state index in [1.165, 1.54) is 0 Å². The zero-order valence-corrected chi connectivity index (χ0v) is 20.3. The van der Waals surface area contributed by atoms with Gasteiger partial charge in [-0.15, -0.1) is 24.0 Å². The monoisotopic (exact) mass is 506 g/mol. The zero-order valence-electron chi connectivity index (χ0n) is 17.9. The summed E-state index contributed by atoms with van der Waals surface area (Å²) in [4.78, 5) is 20.7. The molecule has 0 aliphatic heterocycles. The van der Waals surface area contributed by atoms with Gasteiger partial charge in [-0.1, -0.05) is 6.07 Å². The minimum atomic E-state index is 0. The summed E-state index contributed by atoms with van der Waals surface area (Å²) < 4.78 is 10.9. The predicted molar refractivity (Wildman–Crippen MR) is 125 cm³/mol. The summed E-state index contributed by atoms with van der Waals surface area (Å²) in [6.07, 6.45) is 0. The van der Waals surface area contributed by atoms with Crippen molar-refractivity contribution in [3.63, 3.8) is 0 Å². The zero-order chi connectivity index (χ0) is 20.2. The van der Waals surface area contributed by atoms with Crippen LogP contribution in [0.1, 0.15) is 33.3 Å². The van der Waals surface area contributed by atoms with Crippen molar-refractivity contribution in [2.75, 3.05) is 46.9 Å². The number of rotatable bonds is 10. The summed E-state index contributed by atoms with van der Waals surface area (Å²) in [5.41, 5.74) is 1.01. The van der Waals surface area contributed by atoms with Gasteiger partial charge < -0.3 is 24.6 Å². The molecule has 0 saturated carbocycles. The predicted octanol–water partition coefficient (Wildman–Crippen LogP) is 2.98. The van der Waals surface area contributed by atoms with Crippen molar-refractivity contribution >= 4 is 35.8 Å². The van der Waals surface area contributed by atoms with Crippen LogP contribution < -0.4 is 14.8 Å². The van der Waals surface area contributed by atoms with Gasteiger partial charge >= 0.3 is 0 Å². The maximum atomic E-state index is 12.4. The number of likely N-dealkylation sites (N-methyl/N-ethyl adjacent to an activating group) is 2. The fraction of sp³-hybridized carbons (Fsp3) is 0.600. The van der Waals surface area contributed by atoms with E-state index in [2.05, 4.69) is 10.3 Å². The van der Waals surface area contributed by atoms with Crippen molar-refractivity contribution in [2.24, 2.45) is 4.99 Å². The molecule has 0 atom stereocenters. The number of guanidine groups is 1. The number of aliphatic imine (C=N–C) groups is 1. The van der Waals surface area contributed by atoms with E-state index in [1.807, 2.05) is 62.7 Å². The van der Waals surface area contributed by atoms with Crippen LogP contribution in [0.4, 0.5) is 0 Å². The number of carbonyl (C=O) groups is 1. The first-order valence-electron chi connectivity index (χ1n) is 9.57. The SMILES string of the molecule is CCNC(=NCc1ccc(OC)c(OCC)c1)N(C)CC(=O)N(CC)CC.I. The Morgan fingerprint density at radius 2 is 1.82 bits per heavy atom. The van der Waals surface area contributed by atoms with E-state index in [-0.39, 0.29) is 29.9 Å². The van der Waals surface area contributed by atoms with Crippen LogP contribution in [0.25, 0.3) is 0 Å². The number of nitrogens with one attached hydrogen (secondary N) is 1. The molecular weight excluding hydrogens is 471 g/mol. The van der Waals surface area contributed by atoms with Crippen LogP contribution in [0.15, 0.2) is 23.2 Å². The van der Waals surface area contributed by atoms with E-state index in [4.69, 9.17) is 9.47 Å². The van der Waals surface area contributed by atoms with Crippen LogP contribution in [0.5, 0.6) is 11.5 Å². The molecule has 0 bridgehead atoms. The summed E-state index contributed by atoms with van der Waals surface area (Å²) in [6, 6.07) is 5.79. The van der Waals surface area contributed by atoms with Crippen LogP contribution in [0, 0.1) is 0 Å². The number of amides is 1. The molecule has 1 aromatic rings. The quantitative estimate of drug-likeness (QED) is 0.300. The fourth-order valence-corrected chi connectivity index (χ4v) is 2.68. The van der Waals surface area contributed by atoms with Gasteiger partial charge in [0.25, 0.3) is 0 Å². The molecule has 0 unspecified atom stereocenters. The van der Waals surface area contributed by atoms with E-state index in [1.54, 1.807) is 7.11 Å². The maximum Gasteiger partial charge on any atom is 0.242 e. The third-order valence-corrected chi connectivity index (χ3v) is 4.12. The molecule has 0 radical (unpaired) electrons. The van der Waals surface area contributed by atoms with Gasteiger partial charge in [-0.25, -0.2) is 4.99 Å². The Hall–Kier alpha value is -1.71. The highest BCUT2D eigenvalue weighted by molar-refractivity contribution is 14.0. The molecule has 1 aromatic carbocycles. The highest BCUT2D eigenvalue weighted by atomic mass is 127. The minimum absolute atomic E-state index is 0. The summed E-state index contributed by atoms with van der Waals surface area (Å²) in [5, 5.41) is 3.24. The van der Waals surface area contributed by atoms with Crippen molar-refractivity contribution in [1.29, 1.82) is 0 Å². The van der Waals surface area contributed by atoms with Gasteiger partial charge in [0.15, 0.2) is 17.5 Å². The molecule has 0 aromatic heterocycles. The second-order valence-electron chi connectivity index (χ2n) is 6.01. The second-order valence-corrected chi connectivity index (χ2v) is 6.01. The lowest BCUT2D eigenvalue weighted by Gasteiger charge is -2.25. The van der Waals surface area contributed by atoms with Gasteiger partial charge in [-0.2, -0.15) is 0 Å². The first-order valence-corrected chi connectivity index (χ1v) is 9.57. The van der Waals surface area contributed by atoms with E-state index in [0.29, 0.717) is 50.2 Å². The molecule has 28 heavy (non-hydrogen) atoms. The third-order valence-electron chi connectivity index (χ3n) is 4.12. The van der Waals surface area contributed by atoms with Gasteiger partial charge in [0.2, 0.25) is 5.91 Å². The Morgan fingerprint density at radius 3 is 2.36 bits per heavy atom. The molecule has 8 heteroatoms. The molecule has 0 aliphatic rings. The minimum Gasteiger partial charge on any atom is -0.493 e. The number of hydrogen-bond donors (Lipinski definition) is 1. The lowest BCUT2D eigenvalue weighted by Crippen LogP contribution is -2.45. The van der Waals surface area contributed by atoms with Gasteiger partial charge in [-0.05, 0) is 45.4 Å². The molecule has 0 aliphatic carbocycles. The third kappa shape index (κ3) is 8.12. The van der Waals surface area contributed by atoms with Crippen molar-refractivity contribution in [2.45, 2.75) is 34.2 Å². The van der Waals surface area contributed by atoms with E-state index in [9.17, 15) is 4.79 Å². The number of hydrogen-bond acceptors (Lipinski definition) is 4. The average Bonchev–Trinajstić information content (AvgIpc) is 2.66.